The first kappa shape index (κ1) is 19.8. The summed E-state index contributed by atoms with van der Waals surface area (Å²) >= 11 is 12.7. The lowest BCUT2D eigenvalue weighted by Gasteiger charge is -2.40. The van der Waals surface area contributed by atoms with E-state index in [0.29, 0.717) is 22.4 Å². The molecule has 1 N–H and O–H groups in total. The molecule has 6 heteroatoms. The summed E-state index contributed by atoms with van der Waals surface area (Å²) in [5.74, 6) is 0.340. The molecule has 4 atom stereocenters. The number of hydrogen-bond acceptors (Lipinski definition) is 3. The molecule has 0 bridgehead atoms. The van der Waals surface area contributed by atoms with E-state index >= 15 is 0 Å². The van der Waals surface area contributed by atoms with Crippen LogP contribution in [0, 0.1) is 11.8 Å². The molecule has 1 amide bonds. The Hall–Kier alpha value is -1.88. The van der Waals surface area contributed by atoms with Gasteiger partial charge in [-0.25, -0.2) is 0 Å². The standard InChI is InChI=1S/C25H24Cl2N2O2/c26-16-4-1-3-15(11-16)23-22-20(5-2-6-21(22)30)29(13-14-7-8-14)25(23)18-10-9-17(27)12-19(18)28-24(25)31/h1,3-4,9-12,14,20,22-23H,2,5-8,13H2,(H,28,31)/t20-,22-,23-,25+/m0/s1. The number of nitrogens with zero attached hydrogens (tertiary/aromatic N) is 1. The van der Waals surface area contributed by atoms with Crippen LogP contribution in [0.4, 0.5) is 5.69 Å². The lowest BCUT2D eigenvalue weighted by Crippen LogP contribution is -2.52. The number of carbonyl (C=O) groups is 2. The zero-order valence-electron chi connectivity index (χ0n) is 17.1. The number of hydrogen-bond donors (Lipinski definition) is 1. The Labute approximate surface area is 191 Å². The summed E-state index contributed by atoms with van der Waals surface area (Å²) in [6.07, 6.45) is 4.79. The van der Waals surface area contributed by atoms with Crippen LogP contribution in [0.3, 0.4) is 0 Å². The van der Waals surface area contributed by atoms with E-state index in [4.69, 9.17) is 23.2 Å². The zero-order valence-corrected chi connectivity index (χ0v) is 18.6. The molecule has 2 aromatic carbocycles. The highest BCUT2D eigenvalue weighted by Gasteiger charge is 2.68. The van der Waals surface area contributed by atoms with Gasteiger partial charge < -0.3 is 5.32 Å². The van der Waals surface area contributed by atoms with Crippen molar-refractivity contribution in [3.8, 4) is 0 Å². The van der Waals surface area contributed by atoms with Crippen LogP contribution in [-0.2, 0) is 15.1 Å². The van der Waals surface area contributed by atoms with E-state index in [1.54, 1.807) is 0 Å². The van der Waals surface area contributed by atoms with Crippen molar-refractivity contribution in [1.82, 2.24) is 4.90 Å². The highest BCUT2D eigenvalue weighted by molar-refractivity contribution is 6.31. The summed E-state index contributed by atoms with van der Waals surface area (Å²) in [5, 5.41) is 4.34. The Morgan fingerprint density at radius 1 is 1.03 bits per heavy atom. The smallest absolute Gasteiger partial charge is 0.250 e. The van der Waals surface area contributed by atoms with Crippen molar-refractivity contribution in [1.29, 1.82) is 0 Å². The quantitative estimate of drug-likeness (QED) is 0.676. The van der Waals surface area contributed by atoms with Crippen molar-refractivity contribution >= 4 is 40.6 Å². The summed E-state index contributed by atoms with van der Waals surface area (Å²) in [6, 6.07) is 13.5. The highest BCUT2D eigenvalue weighted by atomic mass is 35.5. The number of nitrogens with one attached hydrogen (secondary N) is 1. The molecule has 3 fully saturated rings. The second-order valence-corrected chi connectivity index (χ2v) is 10.4. The molecule has 0 aromatic heterocycles. The SMILES string of the molecule is O=C1CCC[C@H]2[C@@H]1[C@H](c1cccc(Cl)c1)[C@]1(C(=O)Nc3cc(Cl)ccc31)N2CC1CC1. The van der Waals surface area contributed by atoms with Gasteiger partial charge in [-0.3, -0.25) is 14.5 Å². The number of halogens is 2. The number of anilines is 1. The number of benzene rings is 2. The molecule has 31 heavy (non-hydrogen) atoms. The van der Waals surface area contributed by atoms with Crippen molar-refractivity contribution < 1.29 is 9.59 Å². The maximum Gasteiger partial charge on any atom is 0.250 e. The van der Waals surface area contributed by atoms with Crippen LogP contribution in [-0.4, -0.2) is 29.2 Å². The third kappa shape index (κ3) is 2.84. The minimum atomic E-state index is -0.914. The first-order chi connectivity index (χ1) is 15.0. The van der Waals surface area contributed by atoms with Gasteiger partial charge in [-0.2, -0.15) is 0 Å². The van der Waals surface area contributed by atoms with Crippen LogP contribution in [0.2, 0.25) is 10.0 Å². The van der Waals surface area contributed by atoms with Gasteiger partial charge in [0.15, 0.2) is 0 Å². The molecule has 4 aliphatic rings. The molecule has 1 saturated heterocycles. The van der Waals surface area contributed by atoms with E-state index in [0.717, 1.165) is 36.2 Å². The summed E-state index contributed by atoms with van der Waals surface area (Å²) in [7, 11) is 0. The van der Waals surface area contributed by atoms with Crippen LogP contribution < -0.4 is 5.32 Å². The van der Waals surface area contributed by atoms with Crippen LogP contribution in [0.15, 0.2) is 42.5 Å². The average molecular weight is 455 g/mol. The average Bonchev–Trinajstić information content (AvgIpc) is 3.45. The number of carbonyl (C=O) groups excluding carboxylic acids is 2. The minimum Gasteiger partial charge on any atom is -0.324 e. The van der Waals surface area contributed by atoms with Crippen molar-refractivity contribution in [3.05, 3.63) is 63.6 Å². The number of fused-ring (bicyclic) bond motifs is 3. The van der Waals surface area contributed by atoms with Crippen LogP contribution in [0.1, 0.15) is 49.1 Å². The van der Waals surface area contributed by atoms with E-state index in [1.165, 1.54) is 12.8 Å². The molecule has 4 nitrogen and oxygen atoms in total. The molecule has 2 aromatic rings. The van der Waals surface area contributed by atoms with E-state index in [-0.39, 0.29) is 29.6 Å². The Balaban J connectivity index is 1.63. The minimum absolute atomic E-state index is 0.0439. The van der Waals surface area contributed by atoms with Gasteiger partial charge in [0.1, 0.15) is 11.3 Å². The van der Waals surface area contributed by atoms with Gasteiger partial charge in [0.05, 0.1) is 0 Å². The molecule has 0 unspecified atom stereocenters. The lowest BCUT2D eigenvalue weighted by molar-refractivity contribution is -0.128. The monoisotopic (exact) mass is 454 g/mol. The number of Topliss-reactive ketones (excluding diaryl/α,β-unsaturated/α-hetero) is 1. The van der Waals surface area contributed by atoms with Crippen LogP contribution in [0.25, 0.3) is 0 Å². The van der Waals surface area contributed by atoms with Gasteiger partial charge in [-0.05, 0) is 61.4 Å². The second kappa shape index (κ2) is 7.06. The number of ketones is 1. The summed E-state index contributed by atoms with van der Waals surface area (Å²) in [6.45, 7) is 0.848. The van der Waals surface area contributed by atoms with E-state index in [1.807, 2.05) is 42.5 Å². The van der Waals surface area contributed by atoms with Gasteiger partial charge in [0.2, 0.25) is 5.91 Å². The largest absolute Gasteiger partial charge is 0.324 e. The van der Waals surface area contributed by atoms with Gasteiger partial charge in [0.25, 0.3) is 0 Å². The van der Waals surface area contributed by atoms with E-state index in [9.17, 15) is 9.59 Å². The van der Waals surface area contributed by atoms with Crippen LogP contribution in [0.5, 0.6) is 0 Å². The second-order valence-electron chi connectivity index (χ2n) is 9.49. The molecule has 2 aliphatic heterocycles. The fourth-order valence-electron chi connectivity index (χ4n) is 6.40. The van der Waals surface area contributed by atoms with Crippen molar-refractivity contribution in [2.45, 2.75) is 49.6 Å². The predicted molar refractivity (Wildman–Crippen MR) is 122 cm³/mol. The Morgan fingerprint density at radius 3 is 2.61 bits per heavy atom. The zero-order chi connectivity index (χ0) is 21.3. The molecular weight excluding hydrogens is 431 g/mol. The fraction of sp³-hybridized carbons (Fsp3) is 0.440. The summed E-state index contributed by atoms with van der Waals surface area (Å²) < 4.78 is 0. The normalized spacial score (nSPS) is 32.3. The first-order valence-corrected chi connectivity index (χ1v) is 11.9. The third-order valence-corrected chi connectivity index (χ3v) is 8.19. The fourth-order valence-corrected chi connectivity index (χ4v) is 6.77. The van der Waals surface area contributed by atoms with E-state index in [2.05, 4.69) is 10.2 Å². The van der Waals surface area contributed by atoms with Gasteiger partial charge in [0, 0.05) is 52.1 Å². The van der Waals surface area contributed by atoms with Gasteiger partial charge >= 0.3 is 0 Å². The molecule has 0 radical (unpaired) electrons. The molecular formula is C25H24Cl2N2O2. The molecule has 1 spiro atoms. The summed E-state index contributed by atoms with van der Waals surface area (Å²) in [5.41, 5.74) is 1.75. The number of amides is 1. The number of likely N-dealkylation sites (tertiary alicyclic amines) is 1. The topological polar surface area (TPSA) is 49.4 Å². The highest BCUT2D eigenvalue weighted by Crippen LogP contribution is 2.62. The molecule has 2 aliphatic carbocycles. The Kier molecular flexibility index (Phi) is 4.51. The molecule has 6 rings (SSSR count). The Morgan fingerprint density at radius 2 is 1.84 bits per heavy atom. The van der Waals surface area contributed by atoms with Gasteiger partial charge in [-0.15, -0.1) is 0 Å². The van der Waals surface area contributed by atoms with Crippen LogP contribution >= 0.6 is 23.2 Å². The molecule has 160 valence electrons. The predicted octanol–water partition coefficient (Wildman–Crippen LogP) is 5.39. The molecule has 2 saturated carbocycles. The lowest BCUT2D eigenvalue weighted by atomic mass is 9.68. The molecule has 2 heterocycles. The number of rotatable bonds is 3. The Bertz CT molecular complexity index is 1100. The van der Waals surface area contributed by atoms with Crippen molar-refractivity contribution in [2.75, 3.05) is 11.9 Å². The maximum absolute atomic E-state index is 14.0. The van der Waals surface area contributed by atoms with E-state index < -0.39 is 5.54 Å². The first-order valence-electron chi connectivity index (χ1n) is 11.2. The van der Waals surface area contributed by atoms with Crippen molar-refractivity contribution in [2.24, 2.45) is 11.8 Å². The third-order valence-electron chi connectivity index (χ3n) is 7.72. The maximum atomic E-state index is 14.0. The van der Waals surface area contributed by atoms with Gasteiger partial charge in [-0.1, -0.05) is 41.4 Å². The van der Waals surface area contributed by atoms with Crippen molar-refractivity contribution in [3.63, 3.8) is 0 Å². The summed E-state index contributed by atoms with van der Waals surface area (Å²) in [4.78, 5) is 29.7.